The number of rotatable bonds is 7. The zero-order valence-corrected chi connectivity index (χ0v) is 15.1. The van der Waals surface area contributed by atoms with Crippen LogP contribution in [0.25, 0.3) is 10.9 Å². The van der Waals surface area contributed by atoms with Gasteiger partial charge in [-0.15, -0.1) is 0 Å². The molecule has 0 atom stereocenters. The van der Waals surface area contributed by atoms with Crippen molar-refractivity contribution in [2.45, 2.75) is 32.4 Å². The average Bonchev–Trinajstić information content (AvgIpc) is 2.88. The second-order valence-electron chi connectivity index (χ2n) is 6.70. The van der Waals surface area contributed by atoms with Crippen molar-refractivity contribution in [2.75, 3.05) is 13.7 Å². The zero-order valence-electron chi connectivity index (χ0n) is 14.1. The third-order valence-electron chi connectivity index (χ3n) is 3.63. The Bertz CT molecular complexity index is 715. The number of nitrogens with zero attached hydrogens (tertiary/aromatic N) is 1. The molecule has 1 aromatic heterocycles. The Morgan fingerprint density at radius 3 is 2.52 bits per heavy atom. The normalized spacial score (nSPS) is 11.7. The number of aromatic nitrogens is 1. The highest BCUT2D eigenvalue weighted by Crippen LogP contribution is 2.22. The molecule has 5 nitrogen and oxygen atoms in total. The van der Waals surface area contributed by atoms with Crippen LogP contribution in [0.1, 0.15) is 10.4 Å². The Labute approximate surface area is 137 Å². The molecule has 0 amide bonds. The second kappa shape index (κ2) is 7.10. The zero-order chi connectivity index (χ0) is 17.0. The first-order chi connectivity index (χ1) is 10.8. The first-order valence-corrected chi connectivity index (χ1v) is 11.3. The summed E-state index contributed by atoms with van der Waals surface area (Å²) in [6.45, 7) is 7.96. The van der Waals surface area contributed by atoms with Crippen LogP contribution in [0.15, 0.2) is 30.5 Å². The highest BCUT2D eigenvalue weighted by Gasteiger charge is 2.22. The molecule has 2 rings (SSSR count). The molecule has 0 fully saturated rings. The van der Waals surface area contributed by atoms with Gasteiger partial charge in [0.25, 0.3) is 5.78 Å². The topological polar surface area (TPSA) is 57.5 Å². The summed E-state index contributed by atoms with van der Waals surface area (Å²) in [5.74, 6) is -1.49. The summed E-state index contributed by atoms with van der Waals surface area (Å²) < 4.78 is 12.1. The molecule has 0 aliphatic rings. The van der Waals surface area contributed by atoms with Crippen LogP contribution in [0.5, 0.6) is 0 Å². The number of ketones is 1. The number of methoxy groups -OCH3 is 1. The number of carbonyl (C=O) groups is 2. The van der Waals surface area contributed by atoms with Crippen molar-refractivity contribution in [3.8, 4) is 0 Å². The van der Waals surface area contributed by atoms with E-state index in [1.807, 2.05) is 28.8 Å². The molecule has 0 spiro atoms. The number of hydrogen-bond acceptors (Lipinski definition) is 4. The van der Waals surface area contributed by atoms with Gasteiger partial charge in [0.15, 0.2) is 0 Å². The quantitative estimate of drug-likeness (QED) is 0.256. The minimum atomic E-state index is -1.13. The molecule has 0 aliphatic carbocycles. The Kier molecular flexibility index (Phi) is 5.38. The van der Waals surface area contributed by atoms with Crippen molar-refractivity contribution in [2.24, 2.45) is 0 Å². The molecule has 2 aromatic rings. The highest BCUT2D eigenvalue weighted by atomic mass is 28.3. The smallest absolute Gasteiger partial charge is 0.379 e. The first kappa shape index (κ1) is 17.4. The SMILES string of the molecule is COC(=O)C(=O)c1cn(COCC[Si](C)(C)C)c2ccccc12. The molecule has 124 valence electrons. The van der Waals surface area contributed by atoms with E-state index in [1.54, 1.807) is 6.20 Å². The molecule has 0 N–H and O–H groups in total. The van der Waals surface area contributed by atoms with Gasteiger partial charge in [-0.05, 0) is 12.1 Å². The van der Waals surface area contributed by atoms with Gasteiger partial charge in [0.05, 0.1) is 18.2 Å². The number of Topliss-reactive ketones (excluding diaryl/α,β-unsaturated/α-hetero) is 1. The van der Waals surface area contributed by atoms with Crippen molar-refractivity contribution in [1.82, 2.24) is 4.57 Å². The van der Waals surface area contributed by atoms with E-state index in [1.165, 1.54) is 7.11 Å². The van der Waals surface area contributed by atoms with Crippen molar-refractivity contribution >= 4 is 30.7 Å². The maximum atomic E-state index is 12.1. The molecule has 0 saturated carbocycles. The highest BCUT2D eigenvalue weighted by molar-refractivity contribution is 6.76. The maximum Gasteiger partial charge on any atom is 0.379 e. The molecular formula is C17H23NO4Si. The minimum absolute atomic E-state index is 0.348. The van der Waals surface area contributed by atoms with E-state index in [0.29, 0.717) is 18.9 Å². The summed E-state index contributed by atoms with van der Waals surface area (Å²) in [5, 5.41) is 0.733. The van der Waals surface area contributed by atoms with Crippen LogP contribution in [-0.4, -0.2) is 38.1 Å². The minimum Gasteiger partial charge on any atom is -0.463 e. The van der Waals surface area contributed by atoms with E-state index < -0.39 is 19.8 Å². The number of carbonyl (C=O) groups excluding carboxylic acids is 2. The van der Waals surface area contributed by atoms with E-state index in [4.69, 9.17) is 4.74 Å². The second-order valence-corrected chi connectivity index (χ2v) is 12.3. The predicted molar refractivity (Wildman–Crippen MR) is 92.4 cm³/mol. The van der Waals surface area contributed by atoms with Gasteiger partial charge in [-0.2, -0.15) is 0 Å². The number of benzene rings is 1. The molecule has 6 heteroatoms. The summed E-state index contributed by atoms with van der Waals surface area (Å²) in [7, 11) is 0.0761. The molecule has 0 saturated heterocycles. The lowest BCUT2D eigenvalue weighted by atomic mass is 10.1. The largest absolute Gasteiger partial charge is 0.463 e. The standard InChI is InChI=1S/C17H23NO4Si/c1-21-17(20)16(19)14-11-18(12-22-9-10-23(2,3)4)15-8-6-5-7-13(14)15/h5-8,11H,9-10,12H2,1-4H3. The molecule has 0 radical (unpaired) electrons. The number of esters is 1. The van der Waals surface area contributed by atoms with Crippen LogP contribution >= 0.6 is 0 Å². The Hall–Kier alpha value is -1.92. The van der Waals surface area contributed by atoms with Crippen LogP contribution in [0.2, 0.25) is 25.7 Å². The molecule has 0 aliphatic heterocycles. The summed E-state index contributed by atoms with van der Waals surface area (Å²) >= 11 is 0. The maximum absolute atomic E-state index is 12.1. The molecule has 23 heavy (non-hydrogen) atoms. The van der Waals surface area contributed by atoms with Crippen molar-refractivity contribution < 1.29 is 19.1 Å². The molecule has 0 bridgehead atoms. The van der Waals surface area contributed by atoms with Crippen LogP contribution in [0, 0.1) is 0 Å². The van der Waals surface area contributed by atoms with E-state index in [-0.39, 0.29) is 0 Å². The Morgan fingerprint density at radius 1 is 1.17 bits per heavy atom. The lowest BCUT2D eigenvalue weighted by molar-refractivity contribution is -0.135. The third kappa shape index (κ3) is 4.30. The summed E-state index contributed by atoms with van der Waals surface area (Å²) in [5.41, 5.74) is 1.22. The van der Waals surface area contributed by atoms with Crippen LogP contribution in [0.4, 0.5) is 0 Å². The van der Waals surface area contributed by atoms with Gasteiger partial charge in [0.2, 0.25) is 0 Å². The van der Waals surface area contributed by atoms with Crippen molar-refractivity contribution in [1.29, 1.82) is 0 Å². The molecule has 0 unspecified atom stereocenters. The van der Waals surface area contributed by atoms with Gasteiger partial charge in [-0.1, -0.05) is 37.8 Å². The van der Waals surface area contributed by atoms with Crippen LogP contribution in [0.3, 0.4) is 0 Å². The van der Waals surface area contributed by atoms with Gasteiger partial charge < -0.3 is 14.0 Å². The van der Waals surface area contributed by atoms with Gasteiger partial charge in [0, 0.05) is 26.3 Å². The third-order valence-corrected chi connectivity index (χ3v) is 5.33. The van der Waals surface area contributed by atoms with Crippen LogP contribution < -0.4 is 0 Å². The van der Waals surface area contributed by atoms with Crippen molar-refractivity contribution in [3.05, 3.63) is 36.0 Å². The Morgan fingerprint density at radius 2 is 1.87 bits per heavy atom. The number of para-hydroxylation sites is 1. The fraction of sp³-hybridized carbons (Fsp3) is 0.412. The molecule has 1 heterocycles. The fourth-order valence-electron chi connectivity index (χ4n) is 2.28. The first-order valence-electron chi connectivity index (χ1n) is 7.62. The van der Waals surface area contributed by atoms with Gasteiger partial charge in [-0.3, -0.25) is 4.79 Å². The lowest BCUT2D eigenvalue weighted by Gasteiger charge is -2.15. The average molecular weight is 333 g/mol. The number of fused-ring (bicyclic) bond motifs is 1. The fourth-order valence-corrected chi connectivity index (χ4v) is 3.04. The number of hydrogen-bond donors (Lipinski definition) is 0. The van der Waals surface area contributed by atoms with E-state index in [9.17, 15) is 9.59 Å². The Balaban J connectivity index is 2.21. The predicted octanol–water partition coefficient (Wildman–Crippen LogP) is 3.31. The van der Waals surface area contributed by atoms with Gasteiger partial charge in [-0.25, -0.2) is 4.79 Å². The van der Waals surface area contributed by atoms with Gasteiger partial charge in [0.1, 0.15) is 6.73 Å². The van der Waals surface area contributed by atoms with E-state index >= 15 is 0 Å². The van der Waals surface area contributed by atoms with Crippen LogP contribution in [-0.2, 0) is 21.0 Å². The van der Waals surface area contributed by atoms with E-state index in [2.05, 4.69) is 24.4 Å². The summed E-state index contributed by atoms with van der Waals surface area (Å²) in [6, 6.07) is 8.55. The molecular weight excluding hydrogens is 310 g/mol. The van der Waals surface area contributed by atoms with Crippen molar-refractivity contribution in [3.63, 3.8) is 0 Å². The lowest BCUT2D eigenvalue weighted by Crippen LogP contribution is -2.22. The monoisotopic (exact) mass is 333 g/mol. The number of ether oxygens (including phenoxy) is 2. The summed E-state index contributed by atoms with van der Waals surface area (Å²) in [4.78, 5) is 23.7. The summed E-state index contributed by atoms with van der Waals surface area (Å²) in [6.07, 6.45) is 1.67. The van der Waals surface area contributed by atoms with E-state index in [0.717, 1.165) is 16.9 Å². The molecule has 1 aromatic carbocycles. The van der Waals surface area contributed by atoms with Gasteiger partial charge >= 0.3 is 5.97 Å².